The van der Waals surface area contributed by atoms with Gasteiger partial charge in [-0.25, -0.2) is 4.98 Å². The number of nitrogens with zero attached hydrogens (tertiary/aromatic N) is 3. The van der Waals surface area contributed by atoms with Gasteiger partial charge in [-0.1, -0.05) is 23.7 Å². The maximum Gasteiger partial charge on any atom is 0.261 e. The lowest BCUT2D eigenvalue weighted by molar-refractivity contribution is 0.191. The number of aryl methyl sites for hydroxylation is 1. The molecule has 0 spiro atoms. The van der Waals surface area contributed by atoms with Gasteiger partial charge >= 0.3 is 0 Å². The number of aliphatic hydroxyl groups excluding tert-OH is 1. The molecule has 5 aromatic rings. The highest BCUT2D eigenvalue weighted by Gasteiger charge is 2.17. The molecule has 0 saturated carbocycles. The van der Waals surface area contributed by atoms with Crippen molar-refractivity contribution in [3.05, 3.63) is 81.5 Å². The van der Waals surface area contributed by atoms with Gasteiger partial charge in [0, 0.05) is 23.3 Å². The third kappa shape index (κ3) is 4.11. The van der Waals surface area contributed by atoms with Gasteiger partial charge in [-0.2, -0.15) is 0 Å². The van der Waals surface area contributed by atoms with Crippen LogP contribution < -0.4 is 10.9 Å². The van der Waals surface area contributed by atoms with Gasteiger partial charge in [0.15, 0.2) is 5.82 Å². The van der Waals surface area contributed by atoms with Gasteiger partial charge in [0.25, 0.3) is 5.56 Å². The molecule has 166 valence electrons. The zero-order chi connectivity index (χ0) is 22.9. The van der Waals surface area contributed by atoms with Crippen LogP contribution in [0, 0.1) is 6.92 Å². The molecule has 0 aliphatic heterocycles. The number of H-pyrrole nitrogens is 3. The summed E-state index contributed by atoms with van der Waals surface area (Å²) in [6, 6.07) is 12.6. The van der Waals surface area contributed by atoms with E-state index in [-0.39, 0.29) is 12.1 Å². The highest BCUT2D eigenvalue weighted by molar-refractivity contribution is 6.30. The summed E-state index contributed by atoms with van der Waals surface area (Å²) in [5.41, 5.74) is 4.59. The monoisotopic (exact) mass is 461 g/mol. The largest absolute Gasteiger partial charge is 0.387 e. The van der Waals surface area contributed by atoms with Crippen molar-refractivity contribution in [3.63, 3.8) is 0 Å². The number of pyridine rings is 1. The Morgan fingerprint density at radius 2 is 2.03 bits per heavy atom. The van der Waals surface area contributed by atoms with Crippen molar-refractivity contribution in [3.8, 4) is 22.8 Å². The summed E-state index contributed by atoms with van der Waals surface area (Å²) in [5, 5.41) is 22.2. The summed E-state index contributed by atoms with van der Waals surface area (Å²) < 4.78 is 0. The van der Waals surface area contributed by atoms with E-state index in [1.54, 1.807) is 36.5 Å². The number of rotatable bonds is 6. The van der Waals surface area contributed by atoms with Crippen molar-refractivity contribution >= 4 is 28.3 Å². The van der Waals surface area contributed by atoms with E-state index >= 15 is 0 Å². The second kappa shape index (κ2) is 8.53. The number of hydrogen-bond donors (Lipinski definition) is 5. The number of fused-ring (bicyclic) bond motifs is 1. The molecule has 33 heavy (non-hydrogen) atoms. The molecule has 0 bridgehead atoms. The normalized spacial score (nSPS) is 12.2. The van der Waals surface area contributed by atoms with Crippen LogP contribution in [0.25, 0.3) is 33.8 Å². The Hall–Kier alpha value is -3.95. The Bertz CT molecular complexity index is 1490. The standard InChI is InChI=1S/C23H20ClN7O2/c1-12-7-14(21-27-11-28-31-21)9-17-20(12)30-22(29-17)19-16(5-6-25-23(19)33)26-10-18(32)13-3-2-4-15(24)8-13/h2-9,11,18,32H,10H2,1H3,(H,29,30)(H2,25,26,33)(H,27,28,31). The molecular weight excluding hydrogens is 442 g/mol. The molecular formula is C23H20ClN7O2. The van der Waals surface area contributed by atoms with Gasteiger partial charge in [0.2, 0.25) is 0 Å². The number of benzene rings is 2. The Labute approximate surface area is 192 Å². The summed E-state index contributed by atoms with van der Waals surface area (Å²) in [7, 11) is 0. The number of nitrogens with one attached hydrogen (secondary N) is 4. The average molecular weight is 462 g/mol. The molecule has 0 radical (unpaired) electrons. The molecule has 1 unspecified atom stereocenters. The minimum absolute atomic E-state index is 0.186. The van der Waals surface area contributed by atoms with Crippen molar-refractivity contribution in [2.24, 2.45) is 0 Å². The number of imidazole rings is 1. The van der Waals surface area contributed by atoms with Crippen LogP contribution in [-0.2, 0) is 0 Å². The second-order valence-corrected chi connectivity index (χ2v) is 8.10. The van der Waals surface area contributed by atoms with Gasteiger partial charge in [0.05, 0.1) is 22.8 Å². The number of aromatic nitrogens is 6. The Morgan fingerprint density at radius 3 is 2.82 bits per heavy atom. The van der Waals surface area contributed by atoms with Crippen molar-refractivity contribution in [1.29, 1.82) is 0 Å². The van der Waals surface area contributed by atoms with E-state index < -0.39 is 6.10 Å². The maximum atomic E-state index is 12.8. The van der Waals surface area contributed by atoms with E-state index in [2.05, 4.69) is 35.5 Å². The molecule has 3 aromatic heterocycles. The van der Waals surface area contributed by atoms with Gasteiger partial charge in [-0.05, 0) is 48.4 Å². The van der Waals surface area contributed by atoms with Crippen LogP contribution in [0.3, 0.4) is 0 Å². The number of halogens is 1. The molecule has 1 atom stereocenters. The zero-order valence-electron chi connectivity index (χ0n) is 17.6. The van der Waals surface area contributed by atoms with Gasteiger partial charge in [-0.3, -0.25) is 4.79 Å². The topological polar surface area (TPSA) is 135 Å². The zero-order valence-corrected chi connectivity index (χ0v) is 18.3. The fourth-order valence-corrected chi connectivity index (χ4v) is 3.99. The van der Waals surface area contributed by atoms with Crippen molar-refractivity contribution < 1.29 is 5.11 Å². The third-order valence-electron chi connectivity index (χ3n) is 5.38. The Morgan fingerprint density at radius 1 is 1.15 bits per heavy atom. The molecule has 0 aliphatic carbocycles. The summed E-state index contributed by atoms with van der Waals surface area (Å²) in [6.07, 6.45) is 2.26. The van der Waals surface area contributed by atoms with Gasteiger partial charge < -0.3 is 25.4 Å². The van der Waals surface area contributed by atoms with Crippen LogP contribution in [0.5, 0.6) is 0 Å². The van der Waals surface area contributed by atoms with Crippen molar-refractivity contribution in [2.75, 3.05) is 11.9 Å². The molecule has 2 aromatic carbocycles. The second-order valence-electron chi connectivity index (χ2n) is 7.66. The number of hydrogen-bond acceptors (Lipinski definition) is 6. The highest BCUT2D eigenvalue weighted by atomic mass is 35.5. The van der Waals surface area contributed by atoms with Crippen LogP contribution in [0.15, 0.2) is 59.8 Å². The smallest absolute Gasteiger partial charge is 0.261 e. The number of aliphatic hydroxyl groups is 1. The Kier molecular flexibility index (Phi) is 5.41. The molecule has 10 heteroatoms. The van der Waals surface area contributed by atoms with Crippen LogP contribution in [0.4, 0.5) is 5.69 Å². The summed E-state index contributed by atoms with van der Waals surface area (Å²) in [6.45, 7) is 2.13. The first-order valence-corrected chi connectivity index (χ1v) is 10.6. The van der Waals surface area contributed by atoms with Crippen molar-refractivity contribution in [2.45, 2.75) is 13.0 Å². The number of anilines is 1. The average Bonchev–Trinajstić information content (AvgIpc) is 3.48. The van der Waals surface area contributed by atoms with E-state index in [1.165, 1.54) is 6.33 Å². The maximum absolute atomic E-state index is 12.8. The molecule has 0 fully saturated rings. The lowest BCUT2D eigenvalue weighted by Crippen LogP contribution is -2.17. The number of aromatic amines is 3. The van der Waals surface area contributed by atoms with Gasteiger partial charge in [-0.15, -0.1) is 10.2 Å². The molecule has 3 heterocycles. The fraction of sp³-hybridized carbons (Fsp3) is 0.130. The first-order valence-electron chi connectivity index (χ1n) is 10.3. The van der Waals surface area contributed by atoms with Crippen LogP contribution in [0.1, 0.15) is 17.2 Å². The Balaban J connectivity index is 1.49. The minimum Gasteiger partial charge on any atom is -0.387 e. The third-order valence-corrected chi connectivity index (χ3v) is 5.62. The fourth-order valence-electron chi connectivity index (χ4n) is 3.79. The molecule has 0 saturated heterocycles. The SMILES string of the molecule is Cc1cc(-c2nnc[nH]2)cc2[nH]c(-c3c(NCC(O)c4cccc(Cl)c4)cc[nH]c3=O)nc12. The van der Waals surface area contributed by atoms with Gasteiger partial charge in [0.1, 0.15) is 17.7 Å². The predicted molar refractivity (Wildman–Crippen MR) is 127 cm³/mol. The summed E-state index contributed by atoms with van der Waals surface area (Å²) in [4.78, 5) is 26.4. The summed E-state index contributed by atoms with van der Waals surface area (Å²) >= 11 is 6.03. The first kappa shape index (κ1) is 20.9. The molecule has 5 rings (SSSR count). The van der Waals surface area contributed by atoms with E-state index in [0.29, 0.717) is 33.5 Å². The molecule has 0 aliphatic rings. The first-order chi connectivity index (χ1) is 16.0. The van der Waals surface area contributed by atoms with Crippen LogP contribution in [0.2, 0.25) is 5.02 Å². The highest BCUT2D eigenvalue weighted by Crippen LogP contribution is 2.29. The lowest BCUT2D eigenvalue weighted by atomic mass is 10.1. The predicted octanol–water partition coefficient (Wildman–Crippen LogP) is 3.81. The molecule has 9 nitrogen and oxygen atoms in total. The molecule has 0 amide bonds. The lowest BCUT2D eigenvalue weighted by Gasteiger charge is -2.15. The van der Waals surface area contributed by atoms with Crippen molar-refractivity contribution in [1.82, 2.24) is 30.1 Å². The summed E-state index contributed by atoms with van der Waals surface area (Å²) in [5.74, 6) is 1.07. The quantitative estimate of drug-likeness (QED) is 0.261. The van der Waals surface area contributed by atoms with Crippen LogP contribution in [-0.4, -0.2) is 41.8 Å². The van der Waals surface area contributed by atoms with Crippen LogP contribution >= 0.6 is 11.6 Å². The van der Waals surface area contributed by atoms with E-state index in [4.69, 9.17) is 11.6 Å². The van der Waals surface area contributed by atoms with E-state index in [0.717, 1.165) is 22.2 Å². The minimum atomic E-state index is -0.807. The van der Waals surface area contributed by atoms with E-state index in [1.807, 2.05) is 19.1 Å². The molecule has 5 N–H and O–H groups in total. The van der Waals surface area contributed by atoms with E-state index in [9.17, 15) is 9.90 Å².